The van der Waals surface area contributed by atoms with Crippen molar-refractivity contribution in [3.63, 3.8) is 0 Å². The molecule has 0 bridgehead atoms. The van der Waals surface area contributed by atoms with Crippen LogP contribution in [-0.4, -0.2) is 0 Å². The van der Waals surface area contributed by atoms with Gasteiger partial charge in [-0.05, 0) is 48.9 Å². The third-order valence-corrected chi connectivity index (χ3v) is 9.18. The van der Waals surface area contributed by atoms with E-state index in [1.165, 1.54) is 191 Å². The first kappa shape index (κ1) is 38.2. The van der Waals surface area contributed by atoms with E-state index in [2.05, 4.69) is 26.0 Å². The largest absolute Gasteiger partial charge is 0.192 e. The molecule has 0 aliphatic carbocycles. The molecule has 0 radical (unpaired) electrons. The summed E-state index contributed by atoms with van der Waals surface area (Å²) in [7, 11) is 0. The van der Waals surface area contributed by atoms with Crippen LogP contribution in [-0.2, 0) is 12.8 Å². The van der Waals surface area contributed by atoms with Gasteiger partial charge in [0.2, 0.25) is 0 Å². The van der Waals surface area contributed by atoms with Gasteiger partial charge in [-0.2, -0.15) is 10.5 Å². The topological polar surface area (TPSA) is 47.6 Å². The van der Waals surface area contributed by atoms with Crippen molar-refractivity contribution in [3.05, 3.63) is 34.4 Å². The maximum Gasteiger partial charge on any atom is 0.101 e. The first-order valence-corrected chi connectivity index (χ1v) is 18.7. The van der Waals surface area contributed by atoms with Crippen molar-refractivity contribution in [2.45, 2.75) is 206 Å². The van der Waals surface area contributed by atoms with Crippen molar-refractivity contribution in [3.8, 4) is 12.1 Å². The molecule has 0 unspecified atom stereocenters. The van der Waals surface area contributed by atoms with Crippen molar-refractivity contribution in [1.82, 2.24) is 0 Å². The maximum atomic E-state index is 9.57. The Morgan fingerprint density at radius 2 is 0.571 bits per heavy atom. The highest BCUT2D eigenvalue weighted by atomic mass is 14.3. The van der Waals surface area contributed by atoms with Gasteiger partial charge in [0.25, 0.3) is 0 Å². The fourth-order valence-electron chi connectivity index (χ4n) is 6.36. The van der Waals surface area contributed by atoms with Crippen LogP contribution in [0.5, 0.6) is 0 Å². The lowest BCUT2D eigenvalue weighted by Crippen LogP contribution is -1.99. The van der Waals surface area contributed by atoms with Crippen LogP contribution in [0.4, 0.5) is 0 Å². The van der Waals surface area contributed by atoms with E-state index in [9.17, 15) is 10.5 Å². The summed E-state index contributed by atoms with van der Waals surface area (Å²) in [5.41, 5.74) is 3.75. The molecule has 0 saturated carbocycles. The molecule has 0 amide bonds. The van der Waals surface area contributed by atoms with Crippen LogP contribution >= 0.6 is 0 Å². The van der Waals surface area contributed by atoms with Crippen molar-refractivity contribution in [2.24, 2.45) is 0 Å². The number of hydrogen-bond acceptors (Lipinski definition) is 2. The minimum absolute atomic E-state index is 0.558. The van der Waals surface area contributed by atoms with Crippen LogP contribution in [0.25, 0.3) is 0 Å². The molecular formula is C40H68N2. The van der Waals surface area contributed by atoms with Crippen LogP contribution < -0.4 is 0 Å². The van der Waals surface area contributed by atoms with E-state index in [0.29, 0.717) is 11.1 Å². The molecule has 0 aromatic heterocycles. The van der Waals surface area contributed by atoms with Gasteiger partial charge >= 0.3 is 0 Å². The standard InChI is InChI=1S/C40H68N2/c1-3-5-7-9-11-13-15-17-19-21-23-25-27-29-31-37-33-39(35-41)40(36-42)34-38(37)32-30-28-26-24-22-20-18-16-14-12-10-8-6-4-2/h33-34H,3-32H2,1-2H3. The van der Waals surface area contributed by atoms with E-state index in [4.69, 9.17) is 0 Å². The number of nitrogens with zero attached hydrogens (tertiary/aromatic N) is 2. The van der Waals surface area contributed by atoms with Gasteiger partial charge in [-0.15, -0.1) is 0 Å². The fraction of sp³-hybridized carbons (Fsp3) is 0.800. The zero-order valence-corrected chi connectivity index (χ0v) is 28.3. The van der Waals surface area contributed by atoms with Gasteiger partial charge in [0.1, 0.15) is 12.1 Å². The Kier molecular flexibility index (Phi) is 26.6. The summed E-state index contributed by atoms with van der Waals surface area (Å²) in [5.74, 6) is 0. The predicted molar refractivity (Wildman–Crippen MR) is 184 cm³/mol. The first-order valence-electron chi connectivity index (χ1n) is 18.7. The monoisotopic (exact) mass is 577 g/mol. The molecule has 0 saturated heterocycles. The number of benzene rings is 1. The average Bonchev–Trinajstić information content (AvgIpc) is 3.01. The van der Waals surface area contributed by atoms with Crippen LogP contribution in [0, 0.1) is 22.7 Å². The smallest absolute Gasteiger partial charge is 0.101 e. The zero-order chi connectivity index (χ0) is 30.4. The first-order chi connectivity index (χ1) is 20.8. The Hall–Kier alpha value is -1.80. The summed E-state index contributed by atoms with van der Waals surface area (Å²) in [6, 6.07) is 8.58. The molecular weight excluding hydrogens is 508 g/mol. The lowest BCUT2D eigenvalue weighted by molar-refractivity contribution is 0.534. The second kappa shape index (κ2) is 29.3. The average molecular weight is 577 g/mol. The fourth-order valence-corrected chi connectivity index (χ4v) is 6.36. The van der Waals surface area contributed by atoms with Gasteiger partial charge in [-0.3, -0.25) is 0 Å². The lowest BCUT2D eigenvalue weighted by Gasteiger charge is -2.12. The summed E-state index contributed by atoms with van der Waals surface area (Å²) in [6.45, 7) is 4.58. The highest BCUT2D eigenvalue weighted by Crippen LogP contribution is 2.22. The van der Waals surface area contributed by atoms with E-state index in [-0.39, 0.29) is 0 Å². The van der Waals surface area contributed by atoms with Gasteiger partial charge in [-0.25, -0.2) is 0 Å². The minimum atomic E-state index is 0.558. The van der Waals surface area contributed by atoms with E-state index < -0.39 is 0 Å². The molecule has 0 N–H and O–H groups in total. The number of nitriles is 2. The van der Waals surface area contributed by atoms with Gasteiger partial charge in [0.05, 0.1) is 11.1 Å². The van der Waals surface area contributed by atoms with E-state index >= 15 is 0 Å². The quantitative estimate of drug-likeness (QED) is 0.0855. The van der Waals surface area contributed by atoms with Crippen molar-refractivity contribution < 1.29 is 0 Å². The van der Waals surface area contributed by atoms with Crippen molar-refractivity contribution in [1.29, 1.82) is 10.5 Å². The summed E-state index contributed by atoms with van der Waals surface area (Å²) in [5, 5.41) is 19.1. The van der Waals surface area contributed by atoms with E-state index in [0.717, 1.165) is 12.8 Å². The molecule has 1 aromatic carbocycles. The Labute approximate surface area is 263 Å². The van der Waals surface area contributed by atoms with E-state index in [1.54, 1.807) is 0 Å². The predicted octanol–water partition coefficient (Wildman–Crippen LogP) is 13.5. The molecule has 0 spiro atoms. The van der Waals surface area contributed by atoms with Gasteiger partial charge in [-0.1, -0.05) is 181 Å². The van der Waals surface area contributed by atoms with Crippen LogP contribution in [0.15, 0.2) is 12.1 Å². The Bertz CT molecular complexity index is 758. The number of hydrogen-bond donors (Lipinski definition) is 0. The van der Waals surface area contributed by atoms with Crippen LogP contribution in [0.2, 0.25) is 0 Å². The van der Waals surface area contributed by atoms with Crippen molar-refractivity contribution in [2.75, 3.05) is 0 Å². The van der Waals surface area contributed by atoms with Gasteiger partial charge < -0.3 is 0 Å². The van der Waals surface area contributed by atoms with Crippen LogP contribution in [0.1, 0.15) is 216 Å². The van der Waals surface area contributed by atoms with Gasteiger partial charge in [0, 0.05) is 0 Å². The molecule has 0 aliphatic rings. The molecule has 0 fully saturated rings. The van der Waals surface area contributed by atoms with Crippen LogP contribution in [0.3, 0.4) is 0 Å². The Morgan fingerprint density at radius 3 is 0.786 bits per heavy atom. The van der Waals surface area contributed by atoms with Crippen molar-refractivity contribution >= 4 is 0 Å². The zero-order valence-electron chi connectivity index (χ0n) is 28.3. The summed E-state index contributed by atoms with van der Waals surface area (Å²) >= 11 is 0. The molecule has 0 heterocycles. The molecule has 0 atom stereocenters. The lowest BCUT2D eigenvalue weighted by atomic mass is 9.92. The molecule has 1 rings (SSSR count). The number of rotatable bonds is 30. The molecule has 1 aromatic rings. The molecule has 42 heavy (non-hydrogen) atoms. The minimum Gasteiger partial charge on any atom is -0.192 e. The Balaban J connectivity index is 2.19. The highest BCUT2D eigenvalue weighted by Gasteiger charge is 2.10. The maximum absolute atomic E-state index is 9.57. The third-order valence-electron chi connectivity index (χ3n) is 9.18. The number of aryl methyl sites for hydroxylation is 2. The third kappa shape index (κ3) is 21.0. The SMILES string of the molecule is CCCCCCCCCCCCCCCCc1cc(C#N)c(C#N)cc1CCCCCCCCCCCCCCCC. The molecule has 2 nitrogen and oxygen atoms in total. The number of unbranched alkanes of at least 4 members (excludes halogenated alkanes) is 26. The summed E-state index contributed by atoms with van der Waals surface area (Å²) < 4.78 is 0. The normalized spacial score (nSPS) is 11.0. The molecule has 238 valence electrons. The highest BCUT2D eigenvalue weighted by molar-refractivity contribution is 5.50. The molecule has 2 heteroatoms. The van der Waals surface area contributed by atoms with Gasteiger partial charge in [0.15, 0.2) is 0 Å². The molecule has 0 aliphatic heterocycles. The second-order valence-corrected chi connectivity index (χ2v) is 13.1. The van der Waals surface area contributed by atoms with E-state index in [1.807, 2.05) is 12.1 Å². The summed E-state index contributed by atoms with van der Waals surface area (Å²) in [4.78, 5) is 0. The Morgan fingerprint density at radius 1 is 0.357 bits per heavy atom. The second-order valence-electron chi connectivity index (χ2n) is 13.1. The summed E-state index contributed by atoms with van der Waals surface area (Å²) in [6.07, 6.45) is 40.6.